The van der Waals surface area contributed by atoms with Gasteiger partial charge in [0.25, 0.3) is 0 Å². The van der Waals surface area contributed by atoms with Gasteiger partial charge in [-0.1, -0.05) is 199 Å². The van der Waals surface area contributed by atoms with Gasteiger partial charge in [0.2, 0.25) is 0 Å². The molecule has 0 bridgehead atoms. The van der Waals surface area contributed by atoms with Gasteiger partial charge >= 0.3 is 0 Å². The molecule has 1 saturated carbocycles. The topological polar surface area (TPSA) is 8.17 Å². The Bertz CT molecular complexity index is 3300. The summed E-state index contributed by atoms with van der Waals surface area (Å²) in [4.78, 5) is 2.71. The Hall–Kier alpha value is -6.64. The quantitative estimate of drug-likeness (QED) is 0.155. The highest BCUT2D eigenvalue weighted by atomic mass is 15.2. The molecule has 7 aromatic carbocycles. The molecule has 3 atom stereocenters. The van der Waals surface area contributed by atoms with E-state index in [-0.39, 0.29) is 17.4 Å². The zero-order valence-electron chi connectivity index (χ0n) is 38.3. The smallest absolute Gasteiger partial charge is 0.0613 e. The van der Waals surface area contributed by atoms with Crippen LogP contribution in [-0.2, 0) is 5.41 Å². The van der Waals surface area contributed by atoms with Gasteiger partial charge in [-0.05, 0) is 105 Å². The highest BCUT2D eigenvalue weighted by Crippen LogP contribution is 2.52. The lowest BCUT2D eigenvalue weighted by molar-refractivity contribution is 0.445. The minimum absolute atomic E-state index is 0.0257. The van der Waals surface area contributed by atoms with Crippen molar-refractivity contribution < 1.29 is 0 Å². The van der Waals surface area contributed by atoms with Crippen molar-refractivity contribution in [1.82, 2.24) is 4.57 Å². The van der Waals surface area contributed by atoms with E-state index in [1.807, 2.05) is 0 Å². The minimum Gasteiger partial charge on any atom is -0.333 e. The van der Waals surface area contributed by atoms with E-state index in [9.17, 15) is 0 Å². The summed E-state index contributed by atoms with van der Waals surface area (Å²) < 4.78 is 2.59. The number of rotatable bonds is 7. The number of anilines is 2. The SMILES string of the molecule is CC1CC=CC=C1n1c2ccccc2c2cccc(C3=CC=CC(N(c4ccc5c(c4)C(C)(C)c4ccccc4-5)c4ccccc4-c4cccc5cccc(C6CCCCC6)c45)C3C)c21. The largest absolute Gasteiger partial charge is 0.333 e. The van der Waals surface area contributed by atoms with Crippen LogP contribution in [0.25, 0.3) is 66.1 Å². The average Bonchev–Trinajstić information content (AvgIpc) is 3.80. The Labute approximate surface area is 384 Å². The number of fused-ring (bicyclic) bond motifs is 7. The lowest BCUT2D eigenvalue weighted by Gasteiger charge is -2.40. The summed E-state index contributed by atoms with van der Waals surface area (Å²) in [6, 6.07) is 55.8. The van der Waals surface area contributed by atoms with Crippen molar-refractivity contribution >= 4 is 55.2 Å². The van der Waals surface area contributed by atoms with Gasteiger partial charge in [0, 0.05) is 56.2 Å². The fourth-order valence-electron chi connectivity index (χ4n) is 12.5. The van der Waals surface area contributed by atoms with Crippen molar-refractivity contribution in [3.63, 3.8) is 0 Å². The third-order valence-electron chi connectivity index (χ3n) is 15.8. The number of allylic oxidation sites excluding steroid dienone is 6. The second-order valence-corrected chi connectivity index (χ2v) is 19.9. The molecule has 65 heavy (non-hydrogen) atoms. The molecule has 0 amide bonds. The molecular formula is C63H58N2. The van der Waals surface area contributed by atoms with Crippen molar-refractivity contribution in [1.29, 1.82) is 0 Å². The normalized spacial score (nSPS) is 20.2. The van der Waals surface area contributed by atoms with Crippen LogP contribution in [0.5, 0.6) is 0 Å². The van der Waals surface area contributed by atoms with E-state index in [1.54, 1.807) is 0 Å². The number of benzene rings is 7. The Morgan fingerprint density at radius 3 is 2.17 bits per heavy atom. The van der Waals surface area contributed by atoms with Crippen LogP contribution in [0.1, 0.15) is 94.4 Å². The fraction of sp³-hybridized carbons (Fsp3) is 0.238. The maximum absolute atomic E-state index is 2.71. The summed E-state index contributed by atoms with van der Waals surface area (Å²) in [5, 5.41) is 5.38. The first-order valence-corrected chi connectivity index (χ1v) is 24.3. The van der Waals surface area contributed by atoms with Gasteiger partial charge in [0.15, 0.2) is 0 Å². The number of hydrogen-bond donors (Lipinski definition) is 0. The molecule has 0 N–H and O–H groups in total. The van der Waals surface area contributed by atoms with E-state index in [0.29, 0.717) is 11.8 Å². The number of hydrogen-bond acceptors (Lipinski definition) is 1. The van der Waals surface area contributed by atoms with Gasteiger partial charge in [0.05, 0.1) is 17.1 Å². The molecule has 8 aromatic rings. The van der Waals surface area contributed by atoms with Crippen LogP contribution in [0.3, 0.4) is 0 Å². The summed E-state index contributed by atoms with van der Waals surface area (Å²) in [7, 11) is 0. The van der Waals surface area contributed by atoms with Crippen LogP contribution in [-0.4, -0.2) is 10.6 Å². The van der Waals surface area contributed by atoms with Crippen molar-refractivity contribution in [3.8, 4) is 22.3 Å². The third kappa shape index (κ3) is 6.35. The summed E-state index contributed by atoms with van der Waals surface area (Å²) in [5.41, 5.74) is 18.6. The first-order chi connectivity index (χ1) is 31.9. The Kier molecular flexibility index (Phi) is 9.71. The fourth-order valence-corrected chi connectivity index (χ4v) is 12.5. The molecule has 12 rings (SSSR count). The Morgan fingerprint density at radius 2 is 1.31 bits per heavy atom. The zero-order chi connectivity index (χ0) is 43.8. The molecule has 4 aliphatic rings. The van der Waals surface area contributed by atoms with Crippen LogP contribution in [0.2, 0.25) is 0 Å². The molecule has 4 aliphatic carbocycles. The van der Waals surface area contributed by atoms with E-state index in [1.165, 1.54) is 132 Å². The molecule has 0 aliphatic heterocycles. The van der Waals surface area contributed by atoms with Crippen LogP contribution in [0.4, 0.5) is 11.4 Å². The van der Waals surface area contributed by atoms with E-state index in [4.69, 9.17) is 0 Å². The molecule has 1 heterocycles. The van der Waals surface area contributed by atoms with E-state index >= 15 is 0 Å². The molecule has 0 spiro atoms. The molecule has 1 fully saturated rings. The predicted molar refractivity (Wildman–Crippen MR) is 278 cm³/mol. The average molecular weight is 843 g/mol. The second-order valence-electron chi connectivity index (χ2n) is 19.9. The van der Waals surface area contributed by atoms with Crippen molar-refractivity contribution in [2.75, 3.05) is 4.90 Å². The summed E-state index contributed by atoms with van der Waals surface area (Å²) in [6.07, 6.45) is 21.7. The van der Waals surface area contributed by atoms with Crippen molar-refractivity contribution in [2.45, 2.75) is 83.6 Å². The number of para-hydroxylation sites is 3. The monoisotopic (exact) mass is 842 g/mol. The zero-order valence-corrected chi connectivity index (χ0v) is 38.3. The number of aromatic nitrogens is 1. The Morgan fingerprint density at radius 1 is 0.600 bits per heavy atom. The van der Waals surface area contributed by atoms with E-state index < -0.39 is 0 Å². The van der Waals surface area contributed by atoms with Gasteiger partial charge in [0.1, 0.15) is 0 Å². The third-order valence-corrected chi connectivity index (χ3v) is 15.8. The molecule has 2 heteroatoms. The molecule has 2 nitrogen and oxygen atoms in total. The molecular weight excluding hydrogens is 785 g/mol. The lowest BCUT2D eigenvalue weighted by atomic mass is 9.80. The highest BCUT2D eigenvalue weighted by molar-refractivity contribution is 6.13. The molecule has 1 aromatic heterocycles. The molecule has 320 valence electrons. The summed E-state index contributed by atoms with van der Waals surface area (Å²) in [6.45, 7) is 9.66. The summed E-state index contributed by atoms with van der Waals surface area (Å²) in [5.74, 6) is 1.15. The Balaban J connectivity index is 1.06. The lowest BCUT2D eigenvalue weighted by Crippen LogP contribution is -2.37. The van der Waals surface area contributed by atoms with Gasteiger partial charge in [-0.2, -0.15) is 0 Å². The second kappa shape index (κ2) is 15.8. The predicted octanol–water partition coefficient (Wildman–Crippen LogP) is 17.2. The van der Waals surface area contributed by atoms with Crippen LogP contribution in [0, 0.1) is 11.8 Å². The van der Waals surface area contributed by atoms with Gasteiger partial charge in [-0.15, -0.1) is 0 Å². The maximum atomic E-state index is 2.71. The van der Waals surface area contributed by atoms with Crippen molar-refractivity contribution in [2.24, 2.45) is 11.8 Å². The van der Waals surface area contributed by atoms with Crippen LogP contribution < -0.4 is 4.90 Å². The minimum atomic E-state index is -0.125. The summed E-state index contributed by atoms with van der Waals surface area (Å²) >= 11 is 0. The molecule has 0 saturated heterocycles. The van der Waals surface area contributed by atoms with E-state index in [2.05, 4.69) is 219 Å². The molecule has 3 unspecified atom stereocenters. The first kappa shape index (κ1) is 39.9. The van der Waals surface area contributed by atoms with Crippen LogP contribution >= 0.6 is 0 Å². The number of nitrogens with zero attached hydrogens (tertiary/aromatic N) is 2. The highest BCUT2D eigenvalue weighted by Gasteiger charge is 2.38. The van der Waals surface area contributed by atoms with Gasteiger partial charge < -0.3 is 9.47 Å². The van der Waals surface area contributed by atoms with Gasteiger partial charge in [-0.3, -0.25) is 0 Å². The molecule has 0 radical (unpaired) electrons. The maximum Gasteiger partial charge on any atom is 0.0613 e. The van der Waals surface area contributed by atoms with Crippen LogP contribution in [0.15, 0.2) is 182 Å². The van der Waals surface area contributed by atoms with E-state index in [0.717, 1.165) is 6.42 Å². The first-order valence-electron chi connectivity index (χ1n) is 24.3. The van der Waals surface area contributed by atoms with Gasteiger partial charge in [-0.25, -0.2) is 0 Å². The standard InChI is InChI=1S/C63H58N2/c1-41-20-8-13-34-57(41)65-60-36-15-11-27-51(60)54-32-18-31-53(62(54)65)46-28-19-37-58(42(46)2)64(45-38-39-49-48-25-9-12-33-55(48)63(3,4)56(49)40-45)59-35-14-10-26-50(59)52-30-17-24-44-23-16-29-47(61(44)52)43-21-6-5-7-22-43/h8-19,23-43,58H,5-7,20-22H2,1-4H3. The van der Waals surface area contributed by atoms with Crippen molar-refractivity contribution in [3.05, 3.63) is 204 Å².